The van der Waals surface area contributed by atoms with Crippen LogP contribution in [0.2, 0.25) is 0 Å². The van der Waals surface area contributed by atoms with Crippen LogP contribution in [0.25, 0.3) is 0 Å². The highest BCUT2D eigenvalue weighted by Crippen LogP contribution is 2.54. The predicted molar refractivity (Wildman–Crippen MR) is 39.3 cm³/mol. The van der Waals surface area contributed by atoms with Gasteiger partial charge in [0.05, 0.1) is 0 Å². The Labute approximate surface area is 57.6 Å². The molecule has 0 heterocycles. The molecule has 0 aromatic heterocycles. The van der Waals surface area contributed by atoms with Crippen molar-refractivity contribution in [3.8, 4) is 0 Å². The summed E-state index contributed by atoms with van der Waals surface area (Å²) >= 11 is 0. The minimum atomic E-state index is 0.888. The average Bonchev–Trinajstić information content (AvgIpc) is 2.09. The number of hydrogen-bond acceptors (Lipinski definition) is 0. The first-order valence-electron chi connectivity index (χ1n) is 4.31. The van der Waals surface area contributed by atoms with Gasteiger partial charge >= 0.3 is 0 Å². The molecular formula is C9H16. The molecule has 9 heavy (non-hydrogen) atoms. The first-order chi connectivity index (χ1) is 4.31. The highest BCUT2D eigenvalue weighted by Gasteiger charge is 2.41. The van der Waals surface area contributed by atoms with Crippen molar-refractivity contribution in [1.82, 2.24) is 0 Å². The van der Waals surface area contributed by atoms with Gasteiger partial charge in [-0.15, -0.1) is 0 Å². The Hall–Kier alpha value is 0. The monoisotopic (exact) mass is 124 g/mol. The van der Waals surface area contributed by atoms with Crippen LogP contribution < -0.4 is 0 Å². The molecular weight excluding hydrogens is 108 g/mol. The lowest BCUT2D eigenvalue weighted by Gasteiger charge is -2.38. The van der Waals surface area contributed by atoms with Crippen LogP contribution >= 0.6 is 0 Å². The van der Waals surface area contributed by atoms with Crippen molar-refractivity contribution in [1.29, 1.82) is 0 Å². The molecule has 1 spiro atoms. The first-order valence-corrected chi connectivity index (χ1v) is 4.31. The van der Waals surface area contributed by atoms with E-state index < -0.39 is 0 Å². The molecule has 2 saturated carbocycles. The Bertz CT molecular complexity index is 111. The van der Waals surface area contributed by atoms with E-state index in [0.29, 0.717) is 0 Å². The lowest BCUT2D eigenvalue weighted by Crippen LogP contribution is -2.25. The summed E-state index contributed by atoms with van der Waals surface area (Å²) in [6.45, 7) is 2.41. The Balaban J connectivity index is 1.99. The van der Waals surface area contributed by atoms with Crippen molar-refractivity contribution in [3.05, 3.63) is 0 Å². The maximum Gasteiger partial charge on any atom is -0.0295 e. The summed E-state index contributed by atoms with van der Waals surface area (Å²) in [5, 5.41) is 0. The third-order valence-electron chi connectivity index (χ3n) is 3.36. The third-order valence-corrected chi connectivity index (χ3v) is 3.36. The molecule has 1 atom stereocenters. The van der Waals surface area contributed by atoms with Crippen molar-refractivity contribution in [2.24, 2.45) is 11.3 Å². The summed E-state index contributed by atoms with van der Waals surface area (Å²) in [5.74, 6) is 1.05. The molecule has 0 amide bonds. The van der Waals surface area contributed by atoms with Gasteiger partial charge in [0, 0.05) is 0 Å². The zero-order valence-corrected chi connectivity index (χ0v) is 6.32. The summed E-state index contributed by atoms with van der Waals surface area (Å²) in [5.41, 5.74) is 0.888. The molecule has 0 N–H and O–H groups in total. The van der Waals surface area contributed by atoms with Gasteiger partial charge in [0.1, 0.15) is 0 Å². The standard InChI is InChI=1S/C9H16/c1-8-3-6-9(7-8)4-2-5-9/h8H,2-7H2,1H3. The van der Waals surface area contributed by atoms with Gasteiger partial charge in [-0.2, -0.15) is 0 Å². The minimum Gasteiger partial charge on any atom is -0.0625 e. The van der Waals surface area contributed by atoms with E-state index in [0.717, 1.165) is 11.3 Å². The van der Waals surface area contributed by atoms with E-state index in [9.17, 15) is 0 Å². The summed E-state index contributed by atoms with van der Waals surface area (Å²) in [6, 6.07) is 0. The van der Waals surface area contributed by atoms with Crippen LogP contribution in [0.4, 0.5) is 0 Å². The van der Waals surface area contributed by atoms with E-state index in [4.69, 9.17) is 0 Å². The number of hydrogen-bond donors (Lipinski definition) is 0. The Morgan fingerprint density at radius 2 is 2.00 bits per heavy atom. The SMILES string of the molecule is CC1CCC2(CCC2)C1. The molecule has 0 aromatic rings. The fourth-order valence-electron chi connectivity index (χ4n) is 2.63. The molecule has 2 fully saturated rings. The maximum absolute atomic E-state index is 2.41. The second-order valence-electron chi connectivity index (χ2n) is 4.20. The largest absolute Gasteiger partial charge is 0.0625 e. The molecule has 0 radical (unpaired) electrons. The van der Waals surface area contributed by atoms with Crippen molar-refractivity contribution < 1.29 is 0 Å². The third kappa shape index (κ3) is 0.798. The van der Waals surface area contributed by atoms with E-state index in [1.165, 1.54) is 12.8 Å². The summed E-state index contributed by atoms with van der Waals surface area (Å²) in [6.07, 6.45) is 9.24. The zero-order chi connectivity index (χ0) is 6.32. The highest BCUT2D eigenvalue weighted by molar-refractivity contribution is 4.93. The fourth-order valence-corrected chi connectivity index (χ4v) is 2.63. The van der Waals surface area contributed by atoms with Gasteiger partial charge in [-0.1, -0.05) is 19.8 Å². The lowest BCUT2D eigenvalue weighted by molar-refractivity contribution is 0.138. The van der Waals surface area contributed by atoms with Gasteiger partial charge in [0.2, 0.25) is 0 Å². The number of rotatable bonds is 0. The van der Waals surface area contributed by atoms with Gasteiger partial charge in [0.15, 0.2) is 0 Å². The predicted octanol–water partition coefficient (Wildman–Crippen LogP) is 2.98. The van der Waals surface area contributed by atoms with Gasteiger partial charge in [-0.05, 0) is 37.0 Å². The maximum atomic E-state index is 2.41. The molecule has 0 bridgehead atoms. The summed E-state index contributed by atoms with van der Waals surface area (Å²) in [4.78, 5) is 0. The minimum absolute atomic E-state index is 0.888. The molecule has 0 nitrogen and oxygen atoms in total. The van der Waals surface area contributed by atoms with E-state index >= 15 is 0 Å². The van der Waals surface area contributed by atoms with Crippen LogP contribution in [0.3, 0.4) is 0 Å². The van der Waals surface area contributed by atoms with Crippen molar-refractivity contribution >= 4 is 0 Å². The van der Waals surface area contributed by atoms with Gasteiger partial charge in [-0.25, -0.2) is 0 Å². The van der Waals surface area contributed by atoms with Crippen molar-refractivity contribution in [3.63, 3.8) is 0 Å². The van der Waals surface area contributed by atoms with Crippen LogP contribution in [0, 0.1) is 11.3 Å². The van der Waals surface area contributed by atoms with E-state index in [1.807, 2.05) is 0 Å². The quantitative estimate of drug-likeness (QED) is 0.465. The molecule has 0 heteroatoms. The van der Waals surface area contributed by atoms with Crippen molar-refractivity contribution in [2.75, 3.05) is 0 Å². The van der Waals surface area contributed by atoms with E-state index in [1.54, 1.807) is 25.7 Å². The first kappa shape index (κ1) is 5.76. The second kappa shape index (κ2) is 1.74. The Morgan fingerprint density at radius 3 is 2.22 bits per heavy atom. The molecule has 0 aromatic carbocycles. The van der Waals surface area contributed by atoms with Gasteiger partial charge in [0.25, 0.3) is 0 Å². The molecule has 2 rings (SSSR count). The Morgan fingerprint density at radius 1 is 1.22 bits per heavy atom. The van der Waals surface area contributed by atoms with E-state index in [-0.39, 0.29) is 0 Å². The lowest BCUT2D eigenvalue weighted by atomic mass is 9.67. The molecule has 0 saturated heterocycles. The van der Waals surface area contributed by atoms with Crippen LogP contribution in [0.1, 0.15) is 45.4 Å². The normalized spacial score (nSPS) is 39.0. The Kier molecular flexibility index (Phi) is 1.12. The molecule has 52 valence electrons. The smallest absolute Gasteiger partial charge is 0.0295 e. The fraction of sp³-hybridized carbons (Fsp3) is 1.00. The molecule has 2 aliphatic rings. The van der Waals surface area contributed by atoms with Crippen molar-refractivity contribution in [2.45, 2.75) is 45.4 Å². The van der Waals surface area contributed by atoms with Gasteiger partial charge < -0.3 is 0 Å². The average molecular weight is 124 g/mol. The van der Waals surface area contributed by atoms with Crippen LogP contribution in [0.15, 0.2) is 0 Å². The molecule has 2 aliphatic carbocycles. The summed E-state index contributed by atoms with van der Waals surface area (Å²) in [7, 11) is 0. The molecule has 1 unspecified atom stereocenters. The topological polar surface area (TPSA) is 0 Å². The molecule has 0 aliphatic heterocycles. The van der Waals surface area contributed by atoms with Crippen LogP contribution in [-0.2, 0) is 0 Å². The van der Waals surface area contributed by atoms with Crippen LogP contribution in [-0.4, -0.2) is 0 Å². The highest BCUT2D eigenvalue weighted by atomic mass is 14.5. The summed E-state index contributed by atoms with van der Waals surface area (Å²) < 4.78 is 0. The van der Waals surface area contributed by atoms with Crippen LogP contribution in [0.5, 0.6) is 0 Å². The van der Waals surface area contributed by atoms with E-state index in [2.05, 4.69) is 6.92 Å². The second-order valence-corrected chi connectivity index (χ2v) is 4.20. The van der Waals surface area contributed by atoms with Gasteiger partial charge in [-0.3, -0.25) is 0 Å². The zero-order valence-electron chi connectivity index (χ0n) is 6.32.